The van der Waals surface area contributed by atoms with E-state index in [1.165, 1.54) is 5.56 Å². The Kier molecular flexibility index (Phi) is 6.89. The number of carbonyl (C=O) groups is 1. The summed E-state index contributed by atoms with van der Waals surface area (Å²) in [7, 11) is 1.69. The molecule has 31 heavy (non-hydrogen) atoms. The second-order valence-electron chi connectivity index (χ2n) is 7.70. The van der Waals surface area contributed by atoms with Crippen molar-refractivity contribution in [2.75, 3.05) is 20.2 Å². The van der Waals surface area contributed by atoms with Crippen LogP contribution in [0.2, 0.25) is 0 Å². The Morgan fingerprint density at radius 2 is 2.03 bits per heavy atom. The molecule has 0 fully saturated rings. The second kappa shape index (κ2) is 10.2. The molecule has 4 rings (SSSR count). The van der Waals surface area contributed by atoms with Crippen molar-refractivity contribution in [1.82, 2.24) is 30.0 Å². The zero-order valence-corrected chi connectivity index (χ0v) is 17.8. The third-order valence-corrected chi connectivity index (χ3v) is 5.54. The first-order valence-electron chi connectivity index (χ1n) is 10.6. The highest BCUT2D eigenvalue weighted by Gasteiger charge is 2.19. The summed E-state index contributed by atoms with van der Waals surface area (Å²) in [6.45, 7) is 3.91. The van der Waals surface area contributed by atoms with Gasteiger partial charge in [0.1, 0.15) is 11.6 Å². The van der Waals surface area contributed by atoms with Gasteiger partial charge in [0.05, 0.1) is 13.7 Å². The van der Waals surface area contributed by atoms with Crippen LogP contribution in [0.15, 0.2) is 48.8 Å². The van der Waals surface area contributed by atoms with E-state index in [1.54, 1.807) is 19.5 Å². The Morgan fingerprint density at radius 3 is 2.87 bits per heavy atom. The maximum atomic E-state index is 12.2. The minimum atomic E-state index is 0.00877. The van der Waals surface area contributed by atoms with Crippen LogP contribution in [0.4, 0.5) is 0 Å². The molecule has 3 heterocycles. The van der Waals surface area contributed by atoms with Gasteiger partial charge in [-0.3, -0.25) is 14.7 Å². The topological polar surface area (TPSA) is 85.2 Å². The smallest absolute Gasteiger partial charge is 0.220 e. The van der Waals surface area contributed by atoms with E-state index in [0.717, 1.165) is 55.6 Å². The Bertz CT molecular complexity index is 1000. The molecule has 162 valence electrons. The van der Waals surface area contributed by atoms with Crippen LogP contribution in [0.25, 0.3) is 0 Å². The number of nitrogens with one attached hydrogen (secondary N) is 1. The summed E-state index contributed by atoms with van der Waals surface area (Å²) in [5.41, 5.74) is 2.29. The number of carbonyl (C=O) groups excluding carboxylic acids is 1. The summed E-state index contributed by atoms with van der Waals surface area (Å²) >= 11 is 0. The summed E-state index contributed by atoms with van der Waals surface area (Å²) in [5.74, 6) is 2.68. The molecule has 2 aromatic heterocycles. The first kappa shape index (κ1) is 21.0. The summed E-state index contributed by atoms with van der Waals surface area (Å²) in [4.78, 5) is 18.7. The zero-order valence-electron chi connectivity index (χ0n) is 17.8. The van der Waals surface area contributed by atoms with E-state index in [-0.39, 0.29) is 5.91 Å². The van der Waals surface area contributed by atoms with E-state index >= 15 is 0 Å². The number of fused-ring (bicyclic) bond motifs is 1. The lowest BCUT2D eigenvalue weighted by Crippen LogP contribution is -2.28. The molecule has 0 unspecified atom stereocenters. The molecule has 0 aliphatic carbocycles. The highest BCUT2D eigenvalue weighted by Crippen LogP contribution is 2.16. The van der Waals surface area contributed by atoms with Crippen LogP contribution in [0, 0.1) is 0 Å². The van der Waals surface area contributed by atoms with Crippen molar-refractivity contribution in [3.63, 3.8) is 0 Å². The van der Waals surface area contributed by atoms with Gasteiger partial charge in [-0.2, -0.15) is 0 Å². The van der Waals surface area contributed by atoms with Crippen molar-refractivity contribution in [2.45, 2.75) is 38.9 Å². The van der Waals surface area contributed by atoms with Gasteiger partial charge in [0, 0.05) is 51.4 Å². The van der Waals surface area contributed by atoms with Crippen LogP contribution in [-0.2, 0) is 37.3 Å². The molecule has 0 spiro atoms. The van der Waals surface area contributed by atoms with Crippen LogP contribution >= 0.6 is 0 Å². The molecule has 0 bridgehead atoms. The van der Waals surface area contributed by atoms with E-state index < -0.39 is 0 Å². The number of hydrogen-bond acceptors (Lipinski definition) is 6. The maximum absolute atomic E-state index is 12.2. The van der Waals surface area contributed by atoms with Gasteiger partial charge >= 0.3 is 0 Å². The number of ether oxygens (including phenoxy) is 1. The van der Waals surface area contributed by atoms with Crippen molar-refractivity contribution in [2.24, 2.45) is 0 Å². The van der Waals surface area contributed by atoms with Gasteiger partial charge in [0.2, 0.25) is 5.91 Å². The Balaban J connectivity index is 1.29. The Hall–Kier alpha value is -3.26. The maximum Gasteiger partial charge on any atom is 0.220 e. The minimum absolute atomic E-state index is 0.00877. The van der Waals surface area contributed by atoms with Crippen LogP contribution in [0.3, 0.4) is 0 Å². The van der Waals surface area contributed by atoms with Gasteiger partial charge < -0.3 is 14.6 Å². The van der Waals surface area contributed by atoms with E-state index in [2.05, 4.69) is 42.1 Å². The molecule has 1 aliphatic rings. The monoisotopic (exact) mass is 420 g/mol. The summed E-state index contributed by atoms with van der Waals surface area (Å²) in [6, 6.07) is 12.1. The number of aromatic nitrogens is 4. The van der Waals surface area contributed by atoms with E-state index in [9.17, 15) is 4.79 Å². The molecule has 0 radical (unpaired) electrons. The fourth-order valence-electron chi connectivity index (χ4n) is 3.81. The van der Waals surface area contributed by atoms with Crippen molar-refractivity contribution >= 4 is 5.91 Å². The van der Waals surface area contributed by atoms with E-state index in [0.29, 0.717) is 19.4 Å². The summed E-state index contributed by atoms with van der Waals surface area (Å²) < 4.78 is 7.48. The molecular weight excluding hydrogens is 392 g/mol. The van der Waals surface area contributed by atoms with Crippen LogP contribution in [0.1, 0.15) is 29.2 Å². The second-order valence-corrected chi connectivity index (χ2v) is 7.70. The largest absolute Gasteiger partial charge is 0.497 e. The minimum Gasteiger partial charge on any atom is -0.497 e. The average Bonchev–Trinajstić information content (AvgIpc) is 3.09. The third-order valence-electron chi connectivity index (χ3n) is 5.54. The van der Waals surface area contributed by atoms with Crippen molar-refractivity contribution in [1.29, 1.82) is 0 Å². The van der Waals surface area contributed by atoms with E-state index in [4.69, 9.17) is 4.74 Å². The molecule has 0 saturated heterocycles. The van der Waals surface area contributed by atoms with Gasteiger partial charge in [-0.15, -0.1) is 10.2 Å². The van der Waals surface area contributed by atoms with Gasteiger partial charge in [-0.1, -0.05) is 18.2 Å². The summed E-state index contributed by atoms with van der Waals surface area (Å²) in [5, 5.41) is 11.7. The van der Waals surface area contributed by atoms with Crippen LogP contribution in [0.5, 0.6) is 5.75 Å². The number of hydrogen-bond donors (Lipinski definition) is 1. The number of nitrogens with zero attached hydrogens (tertiary/aromatic N) is 5. The third kappa shape index (κ3) is 5.67. The fourth-order valence-corrected chi connectivity index (χ4v) is 3.81. The molecule has 8 nitrogen and oxygen atoms in total. The lowest BCUT2D eigenvalue weighted by atomic mass is 10.1. The highest BCUT2D eigenvalue weighted by molar-refractivity contribution is 5.76. The Morgan fingerprint density at radius 1 is 1.13 bits per heavy atom. The molecule has 1 N–H and O–H groups in total. The number of pyridine rings is 1. The van der Waals surface area contributed by atoms with Gasteiger partial charge in [-0.25, -0.2) is 0 Å². The lowest BCUT2D eigenvalue weighted by molar-refractivity contribution is -0.121. The average molecular weight is 421 g/mol. The number of methoxy groups -OCH3 is 1. The molecule has 8 heteroatoms. The van der Waals surface area contributed by atoms with Gasteiger partial charge in [-0.05, 0) is 35.7 Å². The molecule has 1 aromatic carbocycles. The van der Waals surface area contributed by atoms with Gasteiger partial charge in [0.25, 0.3) is 0 Å². The zero-order chi connectivity index (χ0) is 21.5. The molecular formula is C23H28N6O2. The Labute approximate surface area is 182 Å². The number of rotatable bonds is 8. The van der Waals surface area contributed by atoms with Crippen molar-refractivity contribution < 1.29 is 9.53 Å². The first-order chi connectivity index (χ1) is 15.2. The number of amides is 1. The van der Waals surface area contributed by atoms with Crippen LogP contribution in [-0.4, -0.2) is 50.8 Å². The summed E-state index contributed by atoms with van der Waals surface area (Å²) in [6.07, 6.45) is 5.48. The lowest BCUT2D eigenvalue weighted by Gasteiger charge is -2.20. The molecule has 0 saturated carbocycles. The molecule has 1 amide bonds. The van der Waals surface area contributed by atoms with Gasteiger partial charge in [0.15, 0.2) is 5.82 Å². The molecule has 3 aromatic rings. The van der Waals surface area contributed by atoms with Crippen molar-refractivity contribution in [3.05, 3.63) is 71.6 Å². The molecule has 1 aliphatic heterocycles. The SMILES string of the molecule is COc1cccc(CN2CCc3nnc(CNC(=O)CCc4cccnc4)n3CC2)c1. The normalized spacial score (nSPS) is 14.0. The highest BCUT2D eigenvalue weighted by atomic mass is 16.5. The fraction of sp³-hybridized carbons (Fsp3) is 0.391. The van der Waals surface area contributed by atoms with Crippen molar-refractivity contribution in [3.8, 4) is 5.75 Å². The first-order valence-corrected chi connectivity index (χ1v) is 10.6. The molecule has 0 atom stereocenters. The predicted octanol–water partition coefficient (Wildman–Crippen LogP) is 1.99. The standard InChI is InChI=1S/C23H28N6O2/c1-31-20-6-2-4-19(14-20)17-28-11-9-21-26-27-22(29(21)13-12-28)16-25-23(30)8-7-18-5-3-10-24-15-18/h2-6,10,14-15H,7-9,11-13,16-17H2,1H3,(H,25,30). The predicted molar refractivity (Wildman–Crippen MR) is 116 cm³/mol. The van der Waals surface area contributed by atoms with E-state index in [1.807, 2.05) is 24.3 Å². The number of aryl methyl sites for hydroxylation is 1. The number of benzene rings is 1. The quantitative estimate of drug-likeness (QED) is 0.600. The van der Waals surface area contributed by atoms with Crippen LogP contribution < -0.4 is 10.1 Å².